The summed E-state index contributed by atoms with van der Waals surface area (Å²) in [5.74, 6) is -1.28. The van der Waals surface area contributed by atoms with E-state index < -0.39 is 5.54 Å². The summed E-state index contributed by atoms with van der Waals surface area (Å²) in [4.78, 5) is 46.0. The van der Waals surface area contributed by atoms with E-state index in [0.29, 0.717) is 0 Å². The molecule has 0 radical (unpaired) electrons. The van der Waals surface area contributed by atoms with Crippen molar-refractivity contribution in [3.63, 3.8) is 0 Å². The number of fused-ring (bicyclic) bond motifs is 1. The van der Waals surface area contributed by atoms with Gasteiger partial charge in [0.25, 0.3) is 11.8 Å². The van der Waals surface area contributed by atoms with Gasteiger partial charge >= 0.3 is 0 Å². The molecule has 0 spiro atoms. The van der Waals surface area contributed by atoms with Crippen LogP contribution in [0, 0.1) is 5.82 Å². The molecule has 1 atom stereocenters. The highest BCUT2D eigenvalue weighted by atomic mass is 19.1. The molecular weight excluding hydrogens is 437 g/mol. The number of rotatable bonds is 6. The fraction of sp³-hybridized carbons (Fsp3) is 0.520. The number of hydrogen-bond donors (Lipinski definition) is 2. The molecule has 1 aliphatic heterocycles. The Morgan fingerprint density at radius 2 is 1.82 bits per heavy atom. The molecule has 2 saturated carbocycles. The monoisotopic (exact) mass is 467 g/mol. The van der Waals surface area contributed by atoms with E-state index in [2.05, 4.69) is 15.6 Å². The summed E-state index contributed by atoms with van der Waals surface area (Å²) in [6.07, 6.45) is 8.38. The number of aromatic nitrogens is 2. The lowest BCUT2D eigenvalue weighted by molar-refractivity contribution is -0.133. The minimum absolute atomic E-state index is 0.0352. The number of hydrogen-bond acceptors (Lipinski definition) is 4. The molecule has 5 rings (SSSR count). The normalized spacial score (nSPS) is 22.9. The number of benzene rings is 1. The Kier molecular flexibility index (Phi) is 5.87. The Bertz CT molecular complexity index is 1100. The van der Waals surface area contributed by atoms with Crippen LogP contribution in [0.2, 0.25) is 0 Å². The second kappa shape index (κ2) is 8.85. The standard InChI is InChI=1S/C25H30FN5O3/c1-25(24(34)27-13-16-7-9-17(26)10-8-16)14-30-15-28-20(21(30)23(33)31(25)19-11-12-19)22(32)29-18-5-3-2-4-6-18/h7-10,15,18-19H,2-6,11-14H2,1H3,(H,27,34)(H,29,32)/t25-/m0/s1. The molecule has 8 nitrogen and oxygen atoms in total. The summed E-state index contributed by atoms with van der Waals surface area (Å²) in [5.41, 5.74) is 0.0331. The van der Waals surface area contributed by atoms with E-state index in [4.69, 9.17) is 0 Å². The Balaban J connectivity index is 1.37. The van der Waals surface area contributed by atoms with Crippen molar-refractivity contribution in [2.75, 3.05) is 0 Å². The third kappa shape index (κ3) is 4.19. The zero-order valence-electron chi connectivity index (χ0n) is 19.3. The van der Waals surface area contributed by atoms with Crippen molar-refractivity contribution < 1.29 is 18.8 Å². The zero-order valence-corrected chi connectivity index (χ0v) is 19.3. The van der Waals surface area contributed by atoms with E-state index in [-0.39, 0.29) is 60.1 Å². The highest BCUT2D eigenvalue weighted by Gasteiger charge is 2.53. The van der Waals surface area contributed by atoms with Crippen molar-refractivity contribution in [1.29, 1.82) is 0 Å². The number of nitrogens with one attached hydrogen (secondary N) is 2. The molecule has 0 saturated heterocycles. The maximum Gasteiger partial charge on any atom is 0.274 e. The largest absolute Gasteiger partial charge is 0.350 e. The Hall–Kier alpha value is -3.23. The van der Waals surface area contributed by atoms with E-state index in [1.54, 1.807) is 28.5 Å². The quantitative estimate of drug-likeness (QED) is 0.683. The third-order valence-electron chi connectivity index (χ3n) is 7.19. The van der Waals surface area contributed by atoms with Crippen molar-refractivity contribution in [1.82, 2.24) is 25.1 Å². The van der Waals surface area contributed by atoms with E-state index >= 15 is 0 Å². The molecule has 0 unspecified atom stereocenters. The smallest absolute Gasteiger partial charge is 0.274 e. The van der Waals surface area contributed by atoms with Gasteiger partial charge in [-0.25, -0.2) is 9.37 Å². The first-order valence-corrected chi connectivity index (χ1v) is 12.1. The Morgan fingerprint density at radius 1 is 1.12 bits per heavy atom. The summed E-state index contributed by atoms with van der Waals surface area (Å²) in [6, 6.07) is 6.01. The summed E-state index contributed by atoms with van der Waals surface area (Å²) >= 11 is 0. The molecule has 34 heavy (non-hydrogen) atoms. The predicted octanol–water partition coefficient (Wildman–Crippen LogP) is 2.78. The van der Waals surface area contributed by atoms with Gasteiger partial charge in [0.2, 0.25) is 5.91 Å². The maximum absolute atomic E-state index is 13.7. The highest BCUT2D eigenvalue weighted by molar-refractivity contribution is 6.07. The number of imidazole rings is 1. The second-order valence-electron chi connectivity index (χ2n) is 9.87. The lowest BCUT2D eigenvalue weighted by Gasteiger charge is -2.44. The molecule has 2 aromatic rings. The fourth-order valence-electron chi connectivity index (χ4n) is 5.20. The summed E-state index contributed by atoms with van der Waals surface area (Å²) in [5, 5.41) is 5.95. The second-order valence-corrected chi connectivity index (χ2v) is 9.87. The Morgan fingerprint density at radius 3 is 2.50 bits per heavy atom. The molecule has 2 heterocycles. The molecule has 2 N–H and O–H groups in total. The van der Waals surface area contributed by atoms with Crippen LogP contribution >= 0.6 is 0 Å². The van der Waals surface area contributed by atoms with E-state index in [1.165, 1.54) is 24.9 Å². The van der Waals surface area contributed by atoms with Crippen molar-refractivity contribution >= 4 is 17.7 Å². The first kappa shape index (κ1) is 22.6. The number of nitrogens with zero attached hydrogens (tertiary/aromatic N) is 3. The van der Waals surface area contributed by atoms with Crippen molar-refractivity contribution in [3.8, 4) is 0 Å². The van der Waals surface area contributed by atoms with Crippen LogP contribution < -0.4 is 10.6 Å². The van der Waals surface area contributed by atoms with Crippen LogP contribution in [0.5, 0.6) is 0 Å². The van der Waals surface area contributed by atoms with Crippen LogP contribution in [0.15, 0.2) is 30.6 Å². The lowest BCUT2D eigenvalue weighted by atomic mass is 9.93. The average Bonchev–Trinajstić information content (AvgIpc) is 3.56. The molecule has 2 aliphatic carbocycles. The minimum Gasteiger partial charge on any atom is -0.350 e. The fourth-order valence-corrected chi connectivity index (χ4v) is 5.20. The minimum atomic E-state index is -1.12. The number of halogens is 1. The summed E-state index contributed by atoms with van der Waals surface area (Å²) in [7, 11) is 0. The van der Waals surface area contributed by atoms with E-state index in [9.17, 15) is 18.8 Å². The lowest BCUT2D eigenvalue weighted by Crippen LogP contribution is -2.64. The molecule has 2 fully saturated rings. The van der Waals surface area contributed by atoms with Gasteiger partial charge in [-0.2, -0.15) is 0 Å². The van der Waals surface area contributed by atoms with Crippen LogP contribution in [0.4, 0.5) is 4.39 Å². The van der Waals surface area contributed by atoms with Gasteiger partial charge in [-0.15, -0.1) is 0 Å². The van der Waals surface area contributed by atoms with Gasteiger partial charge in [0.15, 0.2) is 5.69 Å². The van der Waals surface area contributed by atoms with Crippen LogP contribution in [-0.2, 0) is 17.9 Å². The zero-order chi connectivity index (χ0) is 23.9. The predicted molar refractivity (Wildman–Crippen MR) is 122 cm³/mol. The molecule has 3 amide bonds. The van der Waals surface area contributed by atoms with Gasteiger partial charge < -0.3 is 20.1 Å². The average molecular weight is 468 g/mol. The number of amides is 3. The Labute approximate surface area is 197 Å². The topological polar surface area (TPSA) is 96.3 Å². The third-order valence-corrected chi connectivity index (χ3v) is 7.19. The first-order chi connectivity index (χ1) is 16.4. The summed E-state index contributed by atoms with van der Waals surface area (Å²) < 4.78 is 14.8. The first-order valence-electron chi connectivity index (χ1n) is 12.1. The van der Waals surface area contributed by atoms with Crippen LogP contribution in [0.3, 0.4) is 0 Å². The van der Waals surface area contributed by atoms with Gasteiger partial charge in [0.1, 0.15) is 17.1 Å². The van der Waals surface area contributed by atoms with E-state index in [0.717, 1.165) is 44.1 Å². The van der Waals surface area contributed by atoms with Gasteiger partial charge in [-0.3, -0.25) is 14.4 Å². The molecule has 1 aromatic carbocycles. The van der Waals surface area contributed by atoms with Crippen LogP contribution in [-0.4, -0.2) is 49.8 Å². The van der Waals surface area contributed by atoms with Gasteiger partial charge in [-0.05, 0) is 50.3 Å². The highest BCUT2D eigenvalue weighted by Crippen LogP contribution is 2.39. The van der Waals surface area contributed by atoms with Crippen LogP contribution in [0.25, 0.3) is 0 Å². The number of carbonyl (C=O) groups is 3. The molecule has 180 valence electrons. The van der Waals surface area contributed by atoms with Gasteiger partial charge in [-0.1, -0.05) is 31.4 Å². The maximum atomic E-state index is 13.7. The van der Waals surface area contributed by atoms with Crippen molar-refractivity contribution in [2.45, 2.75) is 82.6 Å². The molecular formula is C25H30FN5O3. The van der Waals surface area contributed by atoms with Gasteiger partial charge in [0, 0.05) is 18.6 Å². The van der Waals surface area contributed by atoms with Gasteiger partial charge in [0.05, 0.1) is 12.9 Å². The number of carbonyl (C=O) groups excluding carboxylic acids is 3. The SMILES string of the molecule is C[C@@]1(C(=O)NCc2ccc(F)cc2)Cn2cnc(C(=O)NC3CCCCC3)c2C(=O)N1C1CC1. The van der Waals surface area contributed by atoms with Crippen molar-refractivity contribution in [3.05, 3.63) is 53.4 Å². The van der Waals surface area contributed by atoms with Crippen molar-refractivity contribution in [2.24, 2.45) is 0 Å². The molecule has 0 bridgehead atoms. The van der Waals surface area contributed by atoms with Crippen LogP contribution in [0.1, 0.15) is 78.4 Å². The molecule has 3 aliphatic rings. The molecule has 9 heteroatoms. The van der Waals surface area contributed by atoms with E-state index in [1.807, 2.05) is 0 Å². The summed E-state index contributed by atoms with van der Waals surface area (Å²) in [6.45, 7) is 2.20. The molecule has 1 aromatic heterocycles.